The maximum absolute atomic E-state index is 13.1. The minimum Gasteiger partial charge on any atom is -0.271 e. The molecule has 0 fully saturated rings. The van der Waals surface area contributed by atoms with Crippen LogP contribution in [0.3, 0.4) is 0 Å². The first kappa shape index (κ1) is 15.2. The van der Waals surface area contributed by atoms with E-state index in [4.69, 9.17) is 5.84 Å². The van der Waals surface area contributed by atoms with Crippen molar-refractivity contribution in [2.75, 3.05) is 0 Å². The zero-order valence-electron chi connectivity index (χ0n) is 11.4. The zero-order valence-corrected chi connectivity index (χ0v) is 13.0. The van der Waals surface area contributed by atoms with Crippen molar-refractivity contribution in [2.45, 2.75) is 25.8 Å². The number of nitrogens with two attached hydrogens (primary N) is 1. The van der Waals surface area contributed by atoms with Gasteiger partial charge in [0.1, 0.15) is 5.82 Å². The molecule has 0 bridgehead atoms. The van der Waals surface area contributed by atoms with Crippen LogP contribution < -0.4 is 11.3 Å². The summed E-state index contributed by atoms with van der Waals surface area (Å²) in [7, 11) is 0. The van der Waals surface area contributed by atoms with Crippen LogP contribution >= 0.6 is 15.9 Å². The first-order chi connectivity index (χ1) is 9.63. The molecule has 0 saturated carbocycles. The van der Waals surface area contributed by atoms with Crippen molar-refractivity contribution in [1.82, 2.24) is 5.43 Å². The summed E-state index contributed by atoms with van der Waals surface area (Å²) < 4.78 is 13.9. The van der Waals surface area contributed by atoms with Crippen LogP contribution in [0.15, 0.2) is 46.9 Å². The van der Waals surface area contributed by atoms with E-state index in [1.165, 1.54) is 23.3 Å². The lowest BCUT2D eigenvalue weighted by Crippen LogP contribution is -2.29. The molecule has 0 spiro atoms. The highest BCUT2D eigenvalue weighted by atomic mass is 79.9. The standard InChI is InChI=1S/C16H18BrFN2/c1-2-11-3-5-12(6-4-11)9-16(20-19)14-8-7-13(18)10-15(14)17/h3-8,10,16,20H,2,9,19H2,1H3. The molecule has 0 saturated heterocycles. The molecule has 0 aromatic heterocycles. The highest BCUT2D eigenvalue weighted by Gasteiger charge is 2.14. The first-order valence-electron chi connectivity index (χ1n) is 6.63. The summed E-state index contributed by atoms with van der Waals surface area (Å²) in [6.45, 7) is 2.13. The predicted molar refractivity (Wildman–Crippen MR) is 83.7 cm³/mol. The normalized spacial score (nSPS) is 12.4. The largest absolute Gasteiger partial charge is 0.271 e. The van der Waals surface area contributed by atoms with E-state index >= 15 is 0 Å². The number of hydrogen-bond donors (Lipinski definition) is 2. The minimum absolute atomic E-state index is 0.0579. The van der Waals surface area contributed by atoms with Gasteiger partial charge in [-0.15, -0.1) is 0 Å². The Morgan fingerprint density at radius 3 is 2.35 bits per heavy atom. The first-order valence-corrected chi connectivity index (χ1v) is 7.42. The van der Waals surface area contributed by atoms with Crippen LogP contribution in [0.2, 0.25) is 0 Å². The molecule has 3 N–H and O–H groups in total. The van der Waals surface area contributed by atoms with Crippen LogP contribution in [-0.2, 0) is 12.8 Å². The van der Waals surface area contributed by atoms with E-state index in [-0.39, 0.29) is 11.9 Å². The molecule has 106 valence electrons. The van der Waals surface area contributed by atoms with E-state index in [0.717, 1.165) is 22.9 Å². The Morgan fingerprint density at radius 1 is 1.15 bits per heavy atom. The maximum Gasteiger partial charge on any atom is 0.124 e. The lowest BCUT2D eigenvalue weighted by Gasteiger charge is -2.18. The van der Waals surface area contributed by atoms with E-state index in [2.05, 4.69) is 52.5 Å². The summed E-state index contributed by atoms with van der Waals surface area (Å²) in [5.41, 5.74) is 6.27. The van der Waals surface area contributed by atoms with Gasteiger partial charge in [-0.1, -0.05) is 53.2 Å². The summed E-state index contributed by atoms with van der Waals surface area (Å²) >= 11 is 3.39. The monoisotopic (exact) mass is 336 g/mol. The highest BCUT2D eigenvalue weighted by molar-refractivity contribution is 9.10. The fourth-order valence-corrected chi connectivity index (χ4v) is 2.82. The SMILES string of the molecule is CCc1ccc(CC(NN)c2ccc(F)cc2Br)cc1. The van der Waals surface area contributed by atoms with Gasteiger partial charge in [-0.2, -0.15) is 0 Å². The number of nitrogens with one attached hydrogen (secondary N) is 1. The van der Waals surface area contributed by atoms with Gasteiger partial charge in [0.05, 0.1) is 6.04 Å². The highest BCUT2D eigenvalue weighted by Crippen LogP contribution is 2.26. The summed E-state index contributed by atoms with van der Waals surface area (Å²) in [5, 5.41) is 0. The molecule has 2 aromatic carbocycles. The molecule has 0 amide bonds. The van der Waals surface area contributed by atoms with Crippen molar-refractivity contribution in [3.8, 4) is 0 Å². The lowest BCUT2D eigenvalue weighted by atomic mass is 9.98. The number of hydrazine groups is 1. The molecule has 0 aliphatic carbocycles. The Balaban J connectivity index is 2.19. The number of halogens is 2. The van der Waals surface area contributed by atoms with Crippen molar-refractivity contribution in [2.24, 2.45) is 5.84 Å². The summed E-state index contributed by atoms with van der Waals surface area (Å²) in [4.78, 5) is 0. The summed E-state index contributed by atoms with van der Waals surface area (Å²) in [5.74, 6) is 5.39. The summed E-state index contributed by atoms with van der Waals surface area (Å²) in [6.07, 6.45) is 1.78. The van der Waals surface area contributed by atoms with Crippen molar-refractivity contribution in [3.63, 3.8) is 0 Å². The van der Waals surface area contributed by atoms with E-state index < -0.39 is 0 Å². The number of benzene rings is 2. The minimum atomic E-state index is -0.260. The number of hydrogen-bond acceptors (Lipinski definition) is 2. The van der Waals surface area contributed by atoms with Gasteiger partial charge < -0.3 is 0 Å². The van der Waals surface area contributed by atoms with Crippen LogP contribution in [0, 0.1) is 5.82 Å². The molecule has 2 nitrogen and oxygen atoms in total. The number of rotatable bonds is 5. The molecule has 0 radical (unpaired) electrons. The molecule has 20 heavy (non-hydrogen) atoms. The quantitative estimate of drug-likeness (QED) is 0.642. The summed E-state index contributed by atoms with van der Waals surface area (Å²) in [6, 6.07) is 13.1. The molecule has 0 heterocycles. The Kier molecular flexibility index (Phi) is 5.29. The molecule has 2 aromatic rings. The average molecular weight is 337 g/mol. The number of aryl methyl sites for hydroxylation is 1. The van der Waals surface area contributed by atoms with Gasteiger partial charge in [-0.05, 0) is 41.7 Å². The van der Waals surface area contributed by atoms with Gasteiger partial charge in [0.15, 0.2) is 0 Å². The Hall–Kier alpha value is -1.23. The van der Waals surface area contributed by atoms with Crippen LogP contribution in [0.5, 0.6) is 0 Å². The van der Waals surface area contributed by atoms with Gasteiger partial charge in [-0.3, -0.25) is 11.3 Å². The second kappa shape index (κ2) is 6.97. The van der Waals surface area contributed by atoms with Crippen LogP contribution in [0.25, 0.3) is 0 Å². The smallest absolute Gasteiger partial charge is 0.124 e. The van der Waals surface area contributed by atoms with Gasteiger partial charge >= 0.3 is 0 Å². The second-order valence-electron chi connectivity index (χ2n) is 4.76. The van der Waals surface area contributed by atoms with Crippen LogP contribution in [0.4, 0.5) is 4.39 Å². The molecular formula is C16H18BrFN2. The topological polar surface area (TPSA) is 38.0 Å². The van der Waals surface area contributed by atoms with Crippen molar-refractivity contribution < 1.29 is 4.39 Å². The Bertz CT molecular complexity index is 569. The fraction of sp³-hybridized carbons (Fsp3) is 0.250. The third-order valence-electron chi connectivity index (χ3n) is 3.41. The van der Waals surface area contributed by atoms with Gasteiger partial charge in [0.25, 0.3) is 0 Å². The molecule has 1 unspecified atom stereocenters. The third-order valence-corrected chi connectivity index (χ3v) is 4.10. The van der Waals surface area contributed by atoms with Gasteiger partial charge in [0, 0.05) is 4.47 Å². The zero-order chi connectivity index (χ0) is 14.5. The average Bonchev–Trinajstić information content (AvgIpc) is 2.46. The van der Waals surface area contributed by atoms with E-state index in [9.17, 15) is 4.39 Å². The Labute approximate surface area is 127 Å². The van der Waals surface area contributed by atoms with E-state index in [1.807, 2.05) is 0 Å². The second-order valence-corrected chi connectivity index (χ2v) is 5.61. The van der Waals surface area contributed by atoms with E-state index in [1.54, 1.807) is 6.07 Å². The Morgan fingerprint density at radius 2 is 1.80 bits per heavy atom. The molecule has 0 aliphatic heterocycles. The van der Waals surface area contributed by atoms with Crippen molar-refractivity contribution >= 4 is 15.9 Å². The molecule has 2 rings (SSSR count). The predicted octanol–water partition coefficient (Wildman–Crippen LogP) is 3.90. The van der Waals surface area contributed by atoms with Crippen molar-refractivity contribution in [3.05, 3.63) is 69.4 Å². The molecule has 0 aliphatic rings. The van der Waals surface area contributed by atoms with Crippen LogP contribution in [-0.4, -0.2) is 0 Å². The fourth-order valence-electron chi connectivity index (χ4n) is 2.19. The van der Waals surface area contributed by atoms with E-state index in [0.29, 0.717) is 0 Å². The molecule has 1 atom stereocenters. The van der Waals surface area contributed by atoms with Crippen LogP contribution in [0.1, 0.15) is 29.7 Å². The molecular weight excluding hydrogens is 319 g/mol. The lowest BCUT2D eigenvalue weighted by molar-refractivity contribution is 0.547. The van der Waals surface area contributed by atoms with Gasteiger partial charge in [-0.25, -0.2) is 4.39 Å². The van der Waals surface area contributed by atoms with Crippen molar-refractivity contribution in [1.29, 1.82) is 0 Å². The maximum atomic E-state index is 13.1. The molecule has 4 heteroatoms. The third kappa shape index (κ3) is 3.66. The van der Waals surface area contributed by atoms with Gasteiger partial charge in [0.2, 0.25) is 0 Å².